The molecule has 9 heteroatoms. The van der Waals surface area contributed by atoms with Crippen molar-refractivity contribution in [2.75, 3.05) is 14.2 Å². The van der Waals surface area contributed by atoms with E-state index in [0.29, 0.717) is 28.5 Å². The van der Waals surface area contributed by atoms with E-state index in [-0.39, 0.29) is 67.5 Å². The first-order valence-corrected chi connectivity index (χ1v) is 26.7. The normalized spacial score (nSPS) is 50.0. The number of rotatable bonds is 2. The molecule has 1 aromatic carbocycles. The van der Waals surface area contributed by atoms with Crippen LogP contribution in [-0.4, -0.2) is 54.2 Å². The van der Waals surface area contributed by atoms with Crippen LogP contribution in [-0.2, 0) is 29.3 Å². The molecule has 1 aliphatic heterocycles. The van der Waals surface area contributed by atoms with Crippen molar-refractivity contribution in [3.63, 3.8) is 0 Å². The maximum atomic E-state index is 15.0. The standard InChI is InChI=1S/C60H80O9/c1-34-45-37(54(7)24-28-58(11)43-33-52(5,48(64)67-14)20-18-50(43,3)22-26-56(58,9)41(54)31-38(45)61)29-39-46(34)69-59(12)35-15-16-40-53(6,36(35)30-44(62)60(59,65)68-39)23-27-57(10)42-32-51(4,47(63)66-13)19-17-49(42,2)21-25-55(40,57)8/h15,29-31,40,42-43,65H,16-28,32-33H2,1-14H3/t40?,42-,43?,49-,50-,51-,52-,53+,54+,55-,56-,57+,58+,59+,60-/m1/s1. The van der Waals surface area contributed by atoms with Gasteiger partial charge in [0.25, 0.3) is 0 Å². The van der Waals surface area contributed by atoms with E-state index in [1.165, 1.54) is 14.2 Å². The average Bonchev–Trinajstić information content (AvgIpc) is 3.30. The number of ketones is 2. The van der Waals surface area contributed by atoms with E-state index in [4.69, 9.17) is 18.9 Å². The number of allylic oxidation sites excluding steroid dienone is 3. The van der Waals surface area contributed by atoms with Gasteiger partial charge in [0.15, 0.2) is 17.3 Å². The fourth-order valence-electron chi connectivity index (χ4n) is 19.5. The Kier molecular flexibility index (Phi) is 9.56. The number of ether oxygens (including phenoxy) is 4. The van der Waals surface area contributed by atoms with Crippen molar-refractivity contribution < 1.29 is 43.2 Å². The molecule has 9 aliphatic carbocycles. The Bertz CT molecular complexity index is 2660. The SMILES string of the molecule is COC(=O)[C@]1(C)CC[C@]2(C)CC[C@]3(C)C4=CC(=O)c5c(cc6c(c5C)O[C@@]5(C)C7=CCC8[C@@](C)(CC[C@@]9(C)[C@@H]%10C[C@](C)(C(=O)OC)CC[C@]%10(C)CC[C@]89C)C7=CC(=O)[C@@]5(O)O6)[C@]4(C)CC[C@@]3(C)C2C1. The molecule has 6 fully saturated rings. The van der Waals surface area contributed by atoms with Crippen LogP contribution in [0.1, 0.15) is 194 Å². The van der Waals surface area contributed by atoms with Gasteiger partial charge in [-0.15, -0.1) is 0 Å². The van der Waals surface area contributed by atoms with Crippen LogP contribution in [0.25, 0.3) is 0 Å². The van der Waals surface area contributed by atoms with Crippen LogP contribution >= 0.6 is 0 Å². The Morgan fingerprint density at radius 3 is 1.78 bits per heavy atom. The predicted octanol–water partition coefficient (Wildman–Crippen LogP) is 12.2. The van der Waals surface area contributed by atoms with E-state index in [2.05, 4.69) is 75.3 Å². The lowest BCUT2D eigenvalue weighted by Gasteiger charge is -2.72. The summed E-state index contributed by atoms with van der Waals surface area (Å²) < 4.78 is 24.8. The molecule has 0 radical (unpaired) electrons. The van der Waals surface area contributed by atoms with E-state index in [0.717, 1.165) is 119 Å². The third kappa shape index (κ3) is 5.43. The molecule has 0 spiro atoms. The summed E-state index contributed by atoms with van der Waals surface area (Å²) in [5.41, 5.74) is 1.10. The molecule has 69 heavy (non-hydrogen) atoms. The lowest BCUT2D eigenvalue weighted by Crippen LogP contribution is -2.71. The zero-order chi connectivity index (χ0) is 49.9. The Hall–Kier alpha value is -3.72. The van der Waals surface area contributed by atoms with Crippen LogP contribution in [0, 0.1) is 73.4 Å². The molecule has 0 aromatic heterocycles. The fourth-order valence-corrected chi connectivity index (χ4v) is 19.5. The average molecular weight is 945 g/mol. The molecule has 1 N–H and O–H groups in total. The van der Waals surface area contributed by atoms with E-state index in [1.54, 1.807) is 6.08 Å². The van der Waals surface area contributed by atoms with Crippen LogP contribution in [0.5, 0.6) is 11.5 Å². The summed E-state index contributed by atoms with van der Waals surface area (Å²) in [6.07, 6.45) is 19.6. The molecule has 6 saturated carbocycles. The van der Waals surface area contributed by atoms with Gasteiger partial charge in [-0.25, -0.2) is 0 Å². The number of aliphatic hydroxyl groups is 1. The lowest BCUT2D eigenvalue weighted by atomic mass is 9.32. The van der Waals surface area contributed by atoms with Crippen molar-refractivity contribution in [2.45, 2.75) is 196 Å². The summed E-state index contributed by atoms with van der Waals surface area (Å²) in [5, 5.41) is 12.9. The Labute approximate surface area is 411 Å². The molecule has 10 aliphatic rings. The summed E-state index contributed by atoms with van der Waals surface area (Å²) in [6.45, 7) is 27.3. The van der Waals surface area contributed by atoms with Gasteiger partial charge in [-0.1, -0.05) is 61.5 Å². The molecular formula is C60H80O9. The lowest BCUT2D eigenvalue weighted by molar-refractivity contribution is -0.236. The first kappa shape index (κ1) is 47.6. The van der Waals surface area contributed by atoms with E-state index in [9.17, 15) is 24.3 Å². The molecule has 9 nitrogen and oxygen atoms in total. The maximum absolute atomic E-state index is 15.0. The highest BCUT2D eigenvalue weighted by atomic mass is 16.7. The Balaban J connectivity index is 0.949. The second-order valence-electron chi connectivity index (χ2n) is 27.6. The second kappa shape index (κ2) is 13.9. The third-order valence-corrected chi connectivity index (χ3v) is 24.8. The summed E-state index contributed by atoms with van der Waals surface area (Å²) in [4.78, 5) is 56.6. The summed E-state index contributed by atoms with van der Waals surface area (Å²) in [5.74, 6) is -1.60. The number of carbonyl (C=O) groups excluding carboxylic acids is 4. The van der Waals surface area contributed by atoms with Gasteiger partial charge in [-0.3, -0.25) is 19.2 Å². The molecule has 15 atom stereocenters. The number of hydrogen-bond donors (Lipinski definition) is 1. The van der Waals surface area contributed by atoms with Crippen molar-refractivity contribution in [3.05, 3.63) is 57.7 Å². The van der Waals surface area contributed by atoms with Gasteiger partial charge >= 0.3 is 17.7 Å². The molecule has 2 unspecified atom stereocenters. The summed E-state index contributed by atoms with van der Waals surface area (Å²) in [7, 11) is 3.02. The quantitative estimate of drug-likeness (QED) is 0.288. The molecule has 1 aromatic rings. The summed E-state index contributed by atoms with van der Waals surface area (Å²) >= 11 is 0. The Morgan fingerprint density at radius 2 is 1.17 bits per heavy atom. The zero-order valence-electron chi connectivity index (χ0n) is 44.4. The Morgan fingerprint density at radius 1 is 0.638 bits per heavy atom. The monoisotopic (exact) mass is 945 g/mol. The van der Waals surface area contributed by atoms with Gasteiger partial charge in [0.1, 0.15) is 0 Å². The molecule has 374 valence electrons. The highest BCUT2D eigenvalue weighted by Gasteiger charge is 2.73. The van der Waals surface area contributed by atoms with Crippen molar-refractivity contribution in [1.29, 1.82) is 0 Å². The van der Waals surface area contributed by atoms with Crippen molar-refractivity contribution in [2.24, 2.45) is 66.5 Å². The first-order chi connectivity index (χ1) is 32.0. The van der Waals surface area contributed by atoms with Crippen LogP contribution in [0.4, 0.5) is 0 Å². The molecule has 0 amide bonds. The first-order valence-electron chi connectivity index (χ1n) is 26.7. The molecular weight excluding hydrogens is 865 g/mol. The minimum absolute atomic E-state index is 0.0418. The van der Waals surface area contributed by atoms with Crippen LogP contribution in [0.3, 0.4) is 0 Å². The van der Waals surface area contributed by atoms with E-state index in [1.807, 2.05) is 26.0 Å². The largest absolute Gasteiger partial charge is 0.471 e. The van der Waals surface area contributed by atoms with Crippen molar-refractivity contribution in [3.8, 4) is 11.5 Å². The number of carbonyl (C=O) groups is 4. The molecule has 11 rings (SSSR count). The molecule has 1 heterocycles. The topological polar surface area (TPSA) is 125 Å². The molecule has 0 bridgehead atoms. The number of hydrogen-bond acceptors (Lipinski definition) is 9. The van der Waals surface area contributed by atoms with Crippen LogP contribution in [0.2, 0.25) is 0 Å². The number of fused-ring (bicyclic) bond motifs is 17. The van der Waals surface area contributed by atoms with Crippen molar-refractivity contribution >= 4 is 23.5 Å². The van der Waals surface area contributed by atoms with Crippen molar-refractivity contribution in [1.82, 2.24) is 0 Å². The number of methoxy groups -OCH3 is 2. The molecule has 0 saturated heterocycles. The maximum Gasteiger partial charge on any atom is 0.317 e. The van der Waals surface area contributed by atoms with Gasteiger partial charge in [0, 0.05) is 22.1 Å². The fraction of sp³-hybridized carbons (Fsp3) is 0.733. The van der Waals surface area contributed by atoms with Crippen LogP contribution < -0.4 is 9.47 Å². The third-order valence-electron chi connectivity index (χ3n) is 24.8. The second-order valence-corrected chi connectivity index (χ2v) is 27.6. The van der Waals surface area contributed by atoms with E-state index >= 15 is 0 Å². The minimum Gasteiger partial charge on any atom is -0.471 e. The summed E-state index contributed by atoms with van der Waals surface area (Å²) in [6, 6.07) is 1.92. The predicted molar refractivity (Wildman–Crippen MR) is 263 cm³/mol. The van der Waals surface area contributed by atoms with E-state index < -0.39 is 33.4 Å². The zero-order valence-corrected chi connectivity index (χ0v) is 44.4. The van der Waals surface area contributed by atoms with Gasteiger partial charge in [-0.2, -0.15) is 0 Å². The van der Waals surface area contributed by atoms with Gasteiger partial charge < -0.3 is 24.1 Å². The highest BCUT2D eigenvalue weighted by Crippen LogP contribution is 2.78. The van der Waals surface area contributed by atoms with Gasteiger partial charge in [0.2, 0.25) is 11.4 Å². The smallest absolute Gasteiger partial charge is 0.317 e. The minimum atomic E-state index is -2.34. The van der Waals surface area contributed by atoms with Crippen LogP contribution in [0.15, 0.2) is 41.0 Å². The van der Waals surface area contributed by atoms with Gasteiger partial charge in [-0.05, 0) is 215 Å². The number of esters is 2. The van der Waals surface area contributed by atoms with Gasteiger partial charge in [0.05, 0.1) is 25.0 Å². The highest BCUT2D eigenvalue weighted by molar-refractivity contribution is 6.10. The number of benzene rings is 1.